The molecule has 0 aliphatic heterocycles. The summed E-state index contributed by atoms with van der Waals surface area (Å²) in [5, 5.41) is 2.93. The second-order valence-electron chi connectivity index (χ2n) is 7.12. The number of nitrogens with zero attached hydrogens (tertiary/aromatic N) is 1. The van der Waals surface area contributed by atoms with Crippen LogP contribution in [-0.2, 0) is 21.2 Å². The van der Waals surface area contributed by atoms with Crippen molar-refractivity contribution in [3.8, 4) is 5.75 Å². The van der Waals surface area contributed by atoms with Gasteiger partial charge in [0.15, 0.2) is 6.10 Å². The standard InChI is InChI=1S/C22H30N2O4S/c1-5-21(22(25)23-16-6-7-18-10-8-17(2)9-11-18)28-20-14-12-19(13-15-20)24(3)29(4,26)27/h8-15,21H,5-7,16H2,1-4H3,(H,23,25)/t21-/m1/s1. The van der Waals surface area contributed by atoms with Crippen molar-refractivity contribution in [1.82, 2.24) is 5.32 Å². The number of anilines is 1. The SMILES string of the molecule is CC[C@@H](Oc1ccc(N(C)S(C)(=O)=O)cc1)C(=O)NCCCc1ccc(C)cc1. The Kier molecular flexibility index (Phi) is 8.08. The van der Waals surface area contributed by atoms with Crippen molar-refractivity contribution < 1.29 is 17.9 Å². The molecule has 1 atom stereocenters. The number of hydrogen-bond acceptors (Lipinski definition) is 4. The Labute approximate surface area is 173 Å². The van der Waals surface area contributed by atoms with Crippen LogP contribution in [0, 0.1) is 6.92 Å². The monoisotopic (exact) mass is 418 g/mol. The molecule has 0 bridgehead atoms. The van der Waals surface area contributed by atoms with E-state index in [4.69, 9.17) is 4.74 Å². The molecule has 0 heterocycles. The number of rotatable bonds is 10. The van der Waals surface area contributed by atoms with Gasteiger partial charge in [-0.1, -0.05) is 36.8 Å². The van der Waals surface area contributed by atoms with Crippen LogP contribution in [0.4, 0.5) is 5.69 Å². The molecule has 158 valence electrons. The second kappa shape index (κ2) is 10.3. The van der Waals surface area contributed by atoms with Crippen molar-refractivity contribution in [2.24, 2.45) is 0 Å². The Morgan fingerprint density at radius 3 is 2.28 bits per heavy atom. The predicted octanol–water partition coefficient (Wildman–Crippen LogP) is 3.30. The van der Waals surface area contributed by atoms with Gasteiger partial charge in [-0.3, -0.25) is 9.10 Å². The molecular weight excluding hydrogens is 388 g/mol. The third kappa shape index (κ3) is 7.09. The average Bonchev–Trinajstić information content (AvgIpc) is 2.69. The first-order chi connectivity index (χ1) is 13.7. The Bertz CT molecular complexity index is 893. The fourth-order valence-electron chi connectivity index (χ4n) is 2.79. The molecule has 0 aliphatic carbocycles. The maximum Gasteiger partial charge on any atom is 0.261 e. The van der Waals surface area contributed by atoms with Gasteiger partial charge >= 0.3 is 0 Å². The van der Waals surface area contributed by atoms with E-state index in [0.717, 1.165) is 19.1 Å². The number of ether oxygens (including phenoxy) is 1. The van der Waals surface area contributed by atoms with Gasteiger partial charge in [-0.15, -0.1) is 0 Å². The minimum atomic E-state index is -3.32. The molecule has 0 saturated heterocycles. The average molecular weight is 419 g/mol. The zero-order chi connectivity index (χ0) is 21.4. The van der Waals surface area contributed by atoms with E-state index in [9.17, 15) is 13.2 Å². The Morgan fingerprint density at radius 2 is 1.72 bits per heavy atom. The summed E-state index contributed by atoms with van der Waals surface area (Å²) in [5.41, 5.74) is 3.03. The lowest BCUT2D eigenvalue weighted by atomic mass is 10.1. The zero-order valence-electron chi connectivity index (χ0n) is 17.5. The number of amides is 1. The summed E-state index contributed by atoms with van der Waals surface area (Å²) < 4.78 is 30.2. The molecule has 0 aromatic heterocycles. The van der Waals surface area contributed by atoms with Gasteiger partial charge in [0.25, 0.3) is 5.91 Å². The molecule has 29 heavy (non-hydrogen) atoms. The third-order valence-electron chi connectivity index (χ3n) is 4.70. The summed E-state index contributed by atoms with van der Waals surface area (Å²) in [6.07, 6.45) is 2.86. The lowest BCUT2D eigenvalue weighted by molar-refractivity contribution is -0.128. The number of sulfonamides is 1. The third-order valence-corrected chi connectivity index (χ3v) is 5.91. The van der Waals surface area contributed by atoms with Crippen LogP contribution in [0.1, 0.15) is 30.9 Å². The quantitative estimate of drug-likeness (QED) is 0.601. The van der Waals surface area contributed by atoms with Gasteiger partial charge in [0.1, 0.15) is 5.75 Å². The molecule has 0 unspecified atom stereocenters. The Morgan fingerprint density at radius 1 is 1.10 bits per heavy atom. The smallest absolute Gasteiger partial charge is 0.261 e. The normalized spacial score (nSPS) is 12.3. The number of hydrogen-bond donors (Lipinski definition) is 1. The lowest BCUT2D eigenvalue weighted by Gasteiger charge is -2.19. The highest BCUT2D eigenvalue weighted by molar-refractivity contribution is 7.92. The summed E-state index contributed by atoms with van der Waals surface area (Å²) in [5.74, 6) is 0.381. The molecule has 0 fully saturated rings. The van der Waals surface area contributed by atoms with E-state index < -0.39 is 16.1 Å². The first kappa shape index (κ1) is 22.7. The van der Waals surface area contributed by atoms with E-state index in [2.05, 4.69) is 36.5 Å². The highest BCUT2D eigenvalue weighted by Crippen LogP contribution is 2.21. The van der Waals surface area contributed by atoms with E-state index >= 15 is 0 Å². The maximum atomic E-state index is 12.4. The minimum absolute atomic E-state index is 0.145. The van der Waals surface area contributed by atoms with Crippen LogP contribution in [0.15, 0.2) is 48.5 Å². The van der Waals surface area contributed by atoms with Crippen LogP contribution in [0.25, 0.3) is 0 Å². The molecule has 7 heteroatoms. The summed E-state index contributed by atoms with van der Waals surface area (Å²) in [7, 11) is -1.83. The zero-order valence-corrected chi connectivity index (χ0v) is 18.3. The topological polar surface area (TPSA) is 75.7 Å². The van der Waals surface area contributed by atoms with Crippen molar-refractivity contribution in [1.29, 1.82) is 0 Å². The van der Waals surface area contributed by atoms with Crippen LogP contribution in [-0.4, -0.2) is 40.3 Å². The van der Waals surface area contributed by atoms with Crippen LogP contribution >= 0.6 is 0 Å². The van der Waals surface area contributed by atoms with Crippen molar-refractivity contribution in [2.75, 3.05) is 24.2 Å². The highest BCUT2D eigenvalue weighted by atomic mass is 32.2. The largest absolute Gasteiger partial charge is 0.481 e. The van der Waals surface area contributed by atoms with Crippen molar-refractivity contribution in [2.45, 2.75) is 39.2 Å². The van der Waals surface area contributed by atoms with Gasteiger partial charge < -0.3 is 10.1 Å². The molecule has 2 aromatic carbocycles. The summed E-state index contributed by atoms with van der Waals surface area (Å²) in [6.45, 7) is 4.54. The molecule has 1 N–H and O–H groups in total. The molecule has 0 saturated carbocycles. The van der Waals surface area contributed by atoms with Gasteiger partial charge in [0, 0.05) is 13.6 Å². The van der Waals surface area contributed by atoms with Crippen LogP contribution in [0.3, 0.4) is 0 Å². The van der Waals surface area contributed by atoms with Gasteiger partial charge in [-0.2, -0.15) is 0 Å². The molecule has 2 aromatic rings. The fraction of sp³-hybridized carbons (Fsp3) is 0.409. The van der Waals surface area contributed by atoms with E-state index in [-0.39, 0.29) is 5.91 Å². The second-order valence-corrected chi connectivity index (χ2v) is 9.13. The highest BCUT2D eigenvalue weighted by Gasteiger charge is 2.18. The molecular formula is C22H30N2O4S. The molecule has 1 amide bonds. The van der Waals surface area contributed by atoms with Crippen LogP contribution in [0.5, 0.6) is 5.75 Å². The van der Waals surface area contributed by atoms with Crippen molar-refractivity contribution >= 4 is 21.6 Å². The van der Waals surface area contributed by atoms with Gasteiger partial charge in [-0.05, 0) is 56.0 Å². The van der Waals surface area contributed by atoms with Crippen LogP contribution in [0.2, 0.25) is 0 Å². The van der Waals surface area contributed by atoms with Crippen molar-refractivity contribution in [3.63, 3.8) is 0 Å². The minimum Gasteiger partial charge on any atom is -0.481 e. The number of aryl methyl sites for hydroxylation is 2. The molecule has 0 radical (unpaired) electrons. The fourth-order valence-corrected chi connectivity index (χ4v) is 3.29. The first-order valence-electron chi connectivity index (χ1n) is 9.74. The first-order valence-corrected chi connectivity index (χ1v) is 11.6. The van der Waals surface area contributed by atoms with Gasteiger partial charge in [0.05, 0.1) is 11.9 Å². The number of nitrogens with one attached hydrogen (secondary N) is 1. The van der Waals surface area contributed by atoms with Gasteiger partial charge in [-0.25, -0.2) is 8.42 Å². The van der Waals surface area contributed by atoms with E-state index in [1.165, 1.54) is 22.5 Å². The molecule has 6 nitrogen and oxygen atoms in total. The maximum absolute atomic E-state index is 12.4. The summed E-state index contributed by atoms with van der Waals surface area (Å²) >= 11 is 0. The van der Waals surface area contributed by atoms with Crippen LogP contribution < -0.4 is 14.4 Å². The van der Waals surface area contributed by atoms with E-state index in [1.54, 1.807) is 24.3 Å². The molecule has 2 rings (SSSR count). The van der Waals surface area contributed by atoms with Gasteiger partial charge in [0.2, 0.25) is 10.0 Å². The van der Waals surface area contributed by atoms with E-state index in [0.29, 0.717) is 24.4 Å². The summed E-state index contributed by atoms with van der Waals surface area (Å²) in [4.78, 5) is 12.4. The number of carbonyl (C=O) groups excluding carboxylic acids is 1. The van der Waals surface area contributed by atoms with Crippen molar-refractivity contribution in [3.05, 3.63) is 59.7 Å². The number of carbonyl (C=O) groups is 1. The Balaban J connectivity index is 1.83. The molecule has 0 aliphatic rings. The predicted molar refractivity (Wildman–Crippen MR) is 117 cm³/mol. The van der Waals surface area contributed by atoms with E-state index in [1.807, 2.05) is 6.92 Å². The Hall–Kier alpha value is -2.54. The lowest BCUT2D eigenvalue weighted by Crippen LogP contribution is -2.38. The molecule has 0 spiro atoms. The number of benzene rings is 2. The summed E-state index contributed by atoms with van der Waals surface area (Å²) in [6, 6.07) is 15.1.